The Bertz CT molecular complexity index is 2650. The van der Waals surface area contributed by atoms with E-state index in [9.17, 15) is 28.8 Å². The minimum Gasteiger partial charge on any atom is -0.466 e. The van der Waals surface area contributed by atoms with Gasteiger partial charge in [-0.1, -0.05) is 36.5 Å². The molecule has 0 radical (unpaired) electrons. The van der Waals surface area contributed by atoms with Gasteiger partial charge in [0, 0.05) is 52.9 Å². The van der Waals surface area contributed by atoms with Gasteiger partial charge in [0.1, 0.15) is 24.4 Å². The number of carbonyl (C=O) groups is 6. The van der Waals surface area contributed by atoms with Gasteiger partial charge in [-0.3, -0.25) is 24.0 Å². The molecule has 2 bridgehead atoms. The molecule has 1 N–H and O–H groups in total. The van der Waals surface area contributed by atoms with Crippen LogP contribution in [0.4, 0.5) is 4.79 Å². The van der Waals surface area contributed by atoms with Crippen LogP contribution in [0.3, 0.4) is 0 Å². The van der Waals surface area contributed by atoms with Crippen LogP contribution in [-0.2, 0) is 166 Å². The SMILES string of the molecule is C=CC1CC(/C=C/CNC(=O)OC(C)(C)C)C(C(=O)OCCOCCOCCOCCOCCOCCOCCOCCOCCOCCOCCOCCOC)C1COC(C)=O.C=CCCC(=O)OC(C)(C)C.COCCOCCOCCOCCOCCOCCOCCOCCOCCOCCOCCOCCOC(=O)C1C(COC(C)=O)[C@H]2C=C[C@@H]1C2. The zero-order chi connectivity index (χ0) is 92.1. The van der Waals surface area contributed by atoms with Gasteiger partial charge in [0.2, 0.25) is 0 Å². The Morgan fingerprint density at radius 3 is 0.873 bits per heavy atom. The average molecular weight is 1820 g/mol. The first-order chi connectivity index (χ1) is 61.2. The average Bonchev–Trinajstić information content (AvgIpc) is 1.63. The number of allylic oxidation sites excluding steroid dienone is 5. The van der Waals surface area contributed by atoms with Crippen molar-refractivity contribution in [3.63, 3.8) is 0 Å². The van der Waals surface area contributed by atoms with Crippen LogP contribution in [0.5, 0.6) is 0 Å². The maximum absolute atomic E-state index is 13.3. The molecule has 3 aliphatic carbocycles. The standard InChI is InChI=1S/C44H79NO18.C36H64O16.C9H16O2/c1-7-38-35-39(9-8-10-45-43(48)63-44(3,4)5)41(40(38)36-62-37(2)46)42(47)61-34-33-60-32-31-59-30-29-58-28-27-57-26-25-56-24-23-55-22-21-54-20-19-53-18-17-52-16-15-51-14-13-50-12-11-49-6;1-31(37)52-30-34-32-3-4-33(29-32)35(34)36(38)51-28-27-50-26-25-49-24-23-48-22-21-47-20-19-46-18-17-45-16-15-44-14-13-43-12-11-42-10-9-41-8-7-40-6-5-39-2;1-5-6-7-8(10)11-9(2,3)4/h7-9,38-41H,1,10-36H2,2-6H3,(H,45,48);3-4,32-35H,5-30H2,1-2H3;5H,1,6-7H2,2-4H3/b9-8+;;/t;32-,33+,34?,35?;/m.0./s1. The molecule has 0 saturated heterocycles. The summed E-state index contributed by atoms with van der Waals surface area (Å²) in [6.45, 7) is 43.7. The van der Waals surface area contributed by atoms with E-state index < -0.39 is 29.6 Å². The monoisotopic (exact) mass is 1820 g/mol. The van der Waals surface area contributed by atoms with E-state index in [1.807, 2.05) is 26.8 Å². The van der Waals surface area contributed by atoms with E-state index in [4.69, 9.17) is 142 Å². The molecule has 6 unspecified atom stereocenters. The van der Waals surface area contributed by atoms with Gasteiger partial charge in [0.15, 0.2) is 0 Å². The molecule has 2 saturated carbocycles. The van der Waals surface area contributed by atoms with Gasteiger partial charge in [-0.15, -0.1) is 13.2 Å². The van der Waals surface area contributed by atoms with Crippen molar-refractivity contribution >= 4 is 35.9 Å². The van der Waals surface area contributed by atoms with Crippen LogP contribution in [-0.4, -0.2) is 398 Å². The molecule has 0 heterocycles. The normalized spacial score (nSPS) is 17.6. The minimum atomic E-state index is -0.610. The highest BCUT2D eigenvalue weighted by Gasteiger charge is 2.50. The van der Waals surface area contributed by atoms with Gasteiger partial charge in [-0.25, -0.2) is 4.79 Å². The molecule has 126 heavy (non-hydrogen) atoms. The van der Waals surface area contributed by atoms with E-state index in [0.717, 1.165) is 6.42 Å². The van der Waals surface area contributed by atoms with Crippen LogP contribution in [0.15, 0.2) is 49.6 Å². The number of hydrogen-bond donors (Lipinski definition) is 1. The lowest BCUT2D eigenvalue weighted by atomic mass is 9.83. The highest BCUT2D eigenvalue weighted by Crippen LogP contribution is 2.49. The Morgan fingerprint density at radius 2 is 0.603 bits per heavy atom. The quantitative estimate of drug-likeness (QED) is 0.0286. The Balaban J connectivity index is 0.00000114. The zero-order valence-corrected chi connectivity index (χ0v) is 77.6. The van der Waals surface area contributed by atoms with Crippen LogP contribution in [0, 0.1) is 47.3 Å². The fourth-order valence-electron chi connectivity index (χ4n) is 12.0. The van der Waals surface area contributed by atoms with E-state index in [0.29, 0.717) is 317 Å². The highest BCUT2D eigenvalue weighted by molar-refractivity contribution is 5.75. The molecule has 2 fully saturated rings. The predicted molar refractivity (Wildman–Crippen MR) is 462 cm³/mol. The molecule has 736 valence electrons. The van der Waals surface area contributed by atoms with Crippen molar-refractivity contribution in [2.75, 3.05) is 351 Å². The molecule has 0 aromatic rings. The number of esters is 5. The lowest BCUT2D eigenvalue weighted by Gasteiger charge is -2.25. The number of rotatable bonds is 85. The molecule has 3 aliphatic rings. The summed E-state index contributed by atoms with van der Waals surface area (Å²) in [6, 6.07) is 0. The number of methoxy groups -OCH3 is 2. The second-order valence-electron chi connectivity index (χ2n) is 30.2. The number of alkyl carbamates (subject to hydrolysis) is 1. The first-order valence-corrected chi connectivity index (χ1v) is 44.2. The Kier molecular flexibility index (Phi) is 80.1. The summed E-state index contributed by atoms with van der Waals surface area (Å²) < 4.78 is 162. The predicted octanol–water partition coefficient (Wildman–Crippen LogP) is 6.71. The van der Waals surface area contributed by atoms with Crippen LogP contribution in [0.1, 0.15) is 81.1 Å². The topological polar surface area (TPSA) is 391 Å². The molecule has 0 aromatic heterocycles. The van der Waals surface area contributed by atoms with Crippen molar-refractivity contribution in [1.29, 1.82) is 0 Å². The van der Waals surface area contributed by atoms with Gasteiger partial charge in [0.25, 0.3) is 0 Å². The van der Waals surface area contributed by atoms with Crippen molar-refractivity contribution in [1.82, 2.24) is 5.32 Å². The molecule has 0 spiro atoms. The van der Waals surface area contributed by atoms with Crippen molar-refractivity contribution in [2.45, 2.75) is 92.3 Å². The molecule has 8 atom stereocenters. The molecule has 1 amide bonds. The fraction of sp³-hybridized carbons (Fsp3) is 0.843. The van der Waals surface area contributed by atoms with Gasteiger partial charge >= 0.3 is 35.9 Å². The van der Waals surface area contributed by atoms with Crippen molar-refractivity contribution in [2.24, 2.45) is 47.3 Å². The number of hydrogen-bond acceptors (Lipinski definition) is 36. The number of nitrogens with one attached hydrogen (secondary N) is 1. The summed E-state index contributed by atoms with van der Waals surface area (Å²) in [5, 5.41) is 2.68. The number of amides is 1. The van der Waals surface area contributed by atoms with Gasteiger partial charge < -0.3 is 147 Å². The summed E-state index contributed by atoms with van der Waals surface area (Å²) in [5.41, 5.74) is -0.973. The van der Waals surface area contributed by atoms with Crippen molar-refractivity contribution in [3.05, 3.63) is 49.6 Å². The maximum Gasteiger partial charge on any atom is 0.407 e. The number of ether oxygens (including phenoxy) is 30. The maximum atomic E-state index is 13.3. The Hall–Kier alpha value is -5.38. The molecular formula is C89H159NO36. The van der Waals surface area contributed by atoms with E-state index in [1.54, 1.807) is 53.2 Å². The summed E-state index contributed by atoms with van der Waals surface area (Å²) in [7, 11) is 3.28. The Morgan fingerprint density at radius 1 is 0.333 bits per heavy atom. The van der Waals surface area contributed by atoms with E-state index in [1.165, 1.54) is 13.8 Å². The van der Waals surface area contributed by atoms with Gasteiger partial charge in [-0.2, -0.15) is 0 Å². The number of carbonyl (C=O) groups excluding carboxylic acids is 6. The molecule has 37 nitrogen and oxygen atoms in total. The lowest BCUT2D eigenvalue weighted by molar-refractivity contribution is -0.156. The summed E-state index contributed by atoms with van der Waals surface area (Å²) in [5.74, 6) is -2.58. The minimum absolute atomic E-state index is 0.0197. The first kappa shape index (κ1) is 119. The molecule has 0 aromatic carbocycles. The largest absolute Gasteiger partial charge is 0.466 e. The third kappa shape index (κ3) is 74.3. The summed E-state index contributed by atoms with van der Waals surface area (Å²) in [4.78, 5) is 71.7. The summed E-state index contributed by atoms with van der Waals surface area (Å²) >= 11 is 0. The molecular weight excluding hydrogens is 1660 g/mol. The smallest absolute Gasteiger partial charge is 0.407 e. The van der Waals surface area contributed by atoms with E-state index in [2.05, 4.69) is 30.6 Å². The van der Waals surface area contributed by atoms with Gasteiger partial charge in [0.05, 0.1) is 329 Å². The van der Waals surface area contributed by atoms with Crippen LogP contribution < -0.4 is 5.32 Å². The molecule has 3 rings (SSSR count). The lowest BCUT2D eigenvalue weighted by Crippen LogP contribution is -2.33. The number of fused-ring (bicyclic) bond motifs is 2. The van der Waals surface area contributed by atoms with Crippen LogP contribution in [0.2, 0.25) is 0 Å². The fourth-order valence-corrected chi connectivity index (χ4v) is 12.0. The van der Waals surface area contributed by atoms with Crippen LogP contribution in [0.25, 0.3) is 0 Å². The van der Waals surface area contributed by atoms with Gasteiger partial charge in [-0.05, 0) is 84.5 Å². The van der Waals surface area contributed by atoms with Crippen molar-refractivity contribution < 1.29 is 171 Å². The second kappa shape index (κ2) is 85.1. The highest BCUT2D eigenvalue weighted by atomic mass is 16.6. The third-order valence-corrected chi connectivity index (χ3v) is 17.8. The second-order valence-corrected chi connectivity index (χ2v) is 30.2. The van der Waals surface area contributed by atoms with E-state index in [-0.39, 0.29) is 105 Å². The summed E-state index contributed by atoms with van der Waals surface area (Å²) in [6.07, 6.45) is 13.5. The molecule has 0 aliphatic heterocycles. The zero-order valence-electron chi connectivity index (χ0n) is 77.6. The van der Waals surface area contributed by atoms with E-state index >= 15 is 0 Å². The van der Waals surface area contributed by atoms with Crippen LogP contribution >= 0.6 is 0 Å². The van der Waals surface area contributed by atoms with Crippen molar-refractivity contribution in [3.8, 4) is 0 Å². The third-order valence-electron chi connectivity index (χ3n) is 17.8. The Labute approximate surface area is 749 Å². The molecule has 37 heteroatoms. The first-order valence-electron chi connectivity index (χ1n) is 44.2.